The smallest absolute Gasteiger partial charge is 0.265 e. The molecule has 6 nitrogen and oxygen atoms in total. The molecule has 1 aromatic heterocycles. The molecule has 2 aliphatic rings. The Hall–Kier alpha value is -3.32. The lowest BCUT2D eigenvalue weighted by molar-refractivity contribution is -0.118. The number of fused-ring (bicyclic) bond motifs is 4. The van der Waals surface area contributed by atoms with Crippen molar-refractivity contribution in [2.24, 2.45) is 0 Å². The van der Waals surface area contributed by atoms with Crippen LogP contribution in [0.3, 0.4) is 0 Å². The van der Waals surface area contributed by atoms with Gasteiger partial charge in [0.1, 0.15) is 18.1 Å². The molecule has 0 saturated heterocycles. The predicted octanol–water partition coefficient (Wildman–Crippen LogP) is 3.89. The van der Waals surface area contributed by atoms with E-state index in [-0.39, 0.29) is 18.4 Å². The van der Waals surface area contributed by atoms with Crippen LogP contribution in [0.4, 0.5) is 11.4 Å². The number of amides is 2. The number of benzene rings is 2. The number of hydrogen-bond donors (Lipinski definition) is 2. The molecule has 2 aliphatic heterocycles. The minimum absolute atomic E-state index is 0.00298. The number of carbonyl (C=O) groups excluding carboxylic acids is 2. The van der Waals surface area contributed by atoms with Crippen LogP contribution in [0.15, 0.2) is 48.5 Å². The summed E-state index contributed by atoms with van der Waals surface area (Å²) < 4.78 is 11.1. The van der Waals surface area contributed by atoms with Gasteiger partial charge in [0.25, 0.3) is 11.8 Å². The quantitative estimate of drug-likeness (QED) is 0.709. The highest BCUT2D eigenvalue weighted by molar-refractivity contribution is 7.17. The zero-order valence-electron chi connectivity index (χ0n) is 14.1. The van der Waals surface area contributed by atoms with Gasteiger partial charge in [-0.25, -0.2) is 0 Å². The van der Waals surface area contributed by atoms with Gasteiger partial charge in [-0.05, 0) is 36.4 Å². The van der Waals surface area contributed by atoms with E-state index in [1.54, 1.807) is 18.2 Å². The Morgan fingerprint density at radius 3 is 2.81 bits per heavy atom. The van der Waals surface area contributed by atoms with Crippen molar-refractivity contribution in [3.63, 3.8) is 0 Å². The Bertz CT molecular complexity index is 1090. The van der Waals surface area contributed by atoms with Gasteiger partial charge in [0, 0.05) is 21.7 Å². The molecule has 0 spiro atoms. The molecule has 2 N–H and O–H groups in total. The fraction of sp³-hybridized carbons (Fsp3) is 0.100. The Morgan fingerprint density at radius 1 is 1.04 bits per heavy atom. The monoisotopic (exact) mass is 378 g/mol. The summed E-state index contributed by atoms with van der Waals surface area (Å²) in [5.74, 6) is 1.02. The third-order valence-electron chi connectivity index (χ3n) is 4.42. The molecule has 2 aromatic carbocycles. The lowest BCUT2D eigenvalue weighted by atomic mass is 10.1. The second-order valence-corrected chi connectivity index (χ2v) is 7.30. The number of anilines is 2. The topological polar surface area (TPSA) is 76.7 Å². The van der Waals surface area contributed by atoms with Gasteiger partial charge in [-0.1, -0.05) is 12.1 Å². The van der Waals surface area contributed by atoms with E-state index >= 15 is 0 Å². The molecule has 27 heavy (non-hydrogen) atoms. The van der Waals surface area contributed by atoms with E-state index < -0.39 is 0 Å². The van der Waals surface area contributed by atoms with Crippen molar-refractivity contribution in [3.8, 4) is 21.9 Å². The van der Waals surface area contributed by atoms with E-state index in [0.29, 0.717) is 28.6 Å². The first-order chi connectivity index (χ1) is 13.2. The SMILES string of the molecule is O=C1COc2ccc(NC(=O)c3cc4c(s3)-c3ccccc3OC4)cc2N1. The van der Waals surface area contributed by atoms with Gasteiger partial charge < -0.3 is 20.1 Å². The third-order valence-corrected chi connectivity index (χ3v) is 5.63. The fourth-order valence-corrected chi connectivity index (χ4v) is 4.26. The predicted molar refractivity (Wildman–Crippen MR) is 103 cm³/mol. The van der Waals surface area contributed by atoms with Crippen molar-refractivity contribution < 1.29 is 19.1 Å². The van der Waals surface area contributed by atoms with Gasteiger partial charge >= 0.3 is 0 Å². The van der Waals surface area contributed by atoms with Crippen LogP contribution in [0.25, 0.3) is 10.4 Å². The Morgan fingerprint density at radius 2 is 1.89 bits per heavy atom. The molecule has 0 unspecified atom stereocenters. The summed E-state index contributed by atoms with van der Waals surface area (Å²) in [7, 11) is 0. The summed E-state index contributed by atoms with van der Waals surface area (Å²) >= 11 is 1.45. The van der Waals surface area contributed by atoms with Gasteiger partial charge in [0.2, 0.25) is 0 Å². The zero-order chi connectivity index (χ0) is 18.4. The standard InChI is InChI=1S/C20H14N2O4S/c23-18-10-26-16-6-5-12(8-14(16)22-18)21-20(24)17-7-11-9-25-15-4-2-1-3-13(15)19(11)27-17/h1-8H,9-10H2,(H,21,24)(H,22,23). The number of hydrogen-bond acceptors (Lipinski definition) is 5. The average molecular weight is 378 g/mol. The molecule has 134 valence electrons. The largest absolute Gasteiger partial charge is 0.488 e. The zero-order valence-corrected chi connectivity index (χ0v) is 14.9. The minimum atomic E-state index is -0.212. The Kier molecular flexibility index (Phi) is 3.61. The van der Waals surface area contributed by atoms with Gasteiger partial charge in [0.15, 0.2) is 6.61 Å². The molecule has 2 amide bonds. The molecule has 7 heteroatoms. The summed E-state index contributed by atoms with van der Waals surface area (Å²) in [6.45, 7) is 0.460. The van der Waals surface area contributed by atoms with Gasteiger partial charge in [-0.15, -0.1) is 11.3 Å². The first-order valence-corrected chi connectivity index (χ1v) is 9.22. The van der Waals surface area contributed by atoms with Crippen molar-refractivity contribution in [2.75, 3.05) is 17.2 Å². The maximum atomic E-state index is 12.7. The maximum absolute atomic E-state index is 12.7. The summed E-state index contributed by atoms with van der Waals surface area (Å²) in [4.78, 5) is 25.8. The van der Waals surface area contributed by atoms with Gasteiger partial charge in [0.05, 0.1) is 10.6 Å². The molecule has 0 fully saturated rings. The Balaban J connectivity index is 1.41. The van der Waals surface area contributed by atoms with Crippen molar-refractivity contribution in [2.45, 2.75) is 6.61 Å². The molecule has 0 saturated carbocycles. The summed E-state index contributed by atoms with van der Waals surface area (Å²) in [5.41, 5.74) is 3.16. The fourth-order valence-electron chi connectivity index (χ4n) is 3.16. The lowest BCUT2D eigenvalue weighted by Gasteiger charge is -2.18. The minimum Gasteiger partial charge on any atom is -0.488 e. The highest BCUT2D eigenvalue weighted by Crippen LogP contribution is 2.42. The molecule has 0 atom stereocenters. The van der Waals surface area contributed by atoms with Gasteiger partial charge in [-0.3, -0.25) is 9.59 Å². The highest BCUT2D eigenvalue weighted by atomic mass is 32.1. The van der Waals surface area contributed by atoms with Gasteiger partial charge in [-0.2, -0.15) is 0 Å². The highest BCUT2D eigenvalue weighted by Gasteiger charge is 2.23. The summed E-state index contributed by atoms with van der Waals surface area (Å²) in [6, 6.07) is 14.9. The Labute approximate surface area is 158 Å². The van der Waals surface area contributed by atoms with E-state index in [1.807, 2.05) is 30.3 Å². The van der Waals surface area contributed by atoms with Crippen LogP contribution in [-0.2, 0) is 11.4 Å². The van der Waals surface area contributed by atoms with E-state index in [1.165, 1.54) is 11.3 Å². The van der Waals surface area contributed by atoms with Crippen LogP contribution in [-0.4, -0.2) is 18.4 Å². The number of thiophene rings is 1. The van der Waals surface area contributed by atoms with Crippen LogP contribution in [0.2, 0.25) is 0 Å². The molecule has 3 heterocycles. The normalized spacial score (nSPS) is 14.0. The molecule has 5 rings (SSSR count). The van der Waals surface area contributed by atoms with Crippen LogP contribution in [0.5, 0.6) is 11.5 Å². The molecular formula is C20H14N2O4S. The van der Waals surface area contributed by atoms with E-state index in [0.717, 1.165) is 21.8 Å². The first kappa shape index (κ1) is 15.9. The molecular weight excluding hydrogens is 364 g/mol. The van der Waals surface area contributed by atoms with Crippen molar-refractivity contribution in [3.05, 3.63) is 59.0 Å². The number of ether oxygens (including phenoxy) is 2. The second kappa shape index (κ2) is 6.14. The van der Waals surface area contributed by atoms with Crippen molar-refractivity contribution >= 4 is 34.5 Å². The molecule has 0 bridgehead atoms. The van der Waals surface area contributed by atoms with E-state index in [2.05, 4.69) is 10.6 Å². The number of nitrogens with one attached hydrogen (secondary N) is 2. The first-order valence-electron chi connectivity index (χ1n) is 8.40. The number of carbonyl (C=O) groups is 2. The van der Waals surface area contributed by atoms with Crippen LogP contribution >= 0.6 is 11.3 Å². The van der Waals surface area contributed by atoms with Crippen LogP contribution in [0, 0.1) is 0 Å². The van der Waals surface area contributed by atoms with Crippen molar-refractivity contribution in [1.29, 1.82) is 0 Å². The molecule has 0 aliphatic carbocycles. The maximum Gasteiger partial charge on any atom is 0.265 e. The number of para-hydroxylation sites is 1. The summed E-state index contributed by atoms with van der Waals surface area (Å²) in [6.07, 6.45) is 0. The van der Waals surface area contributed by atoms with E-state index in [9.17, 15) is 9.59 Å². The molecule has 3 aromatic rings. The lowest BCUT2D eigenvalue weighted by Crippen LogP contribution is -2.25. The second-order valence-electron chi connectivity index (χ2n) is 6.25. The number of rotatable bonds is 2. The van der Waals surface area contributed by atoms with Crippen molar-refractivity contribution in [1.82, 2.24) is 0 Å². The van der Waals surface area contributed by atoms with E-state index in [4.69, 9.17) is 9.47 Å². The molecule has 0 radical (unpaired) electrons. The van der Waals surface area contributed by atoms with Crippen LogP contribution in [0.1, 0.15) is 15.2 Å². The average Bonchev–Trinajstić information content (AvgIpc) is 3.13. The summed E-state index contributed by atoms with van der Waals surface area (Å²) in [5, 5.41) is 5.61. The van der Waals surface area contributed by atoms with Crippen LogP contribution < -0.4 is 20.1 Å². The third kappa shape index (κ3) is 2.82.